The highest BCUT2D eigenvalue weighted by molar-refractivity contribution is 6.23. The van der Waals surface area contributed by atoms with Crippen molar-refractivity contribution >= 4 is 29.4 Å². The van der Waals surface area contributed by atoms with Gasteiger partial charge in [-0.25, -0.2) is 14.1 Å². The minimum absolute atomic E-state index is 0.0340. The summed E-state index contributed by atoms with van der Waals surface area (Å²) in [6.45, 7) is -0.0340. The molecule has 1 heterocycles. The molecule has 0 radical (unpaired) electrons. The third kappa shape index (κ3) is 4.95. The number of carboxylic acids is 1. The molecule has 1 aliphatic heterocycles. The van der Waals surface area contributed by atoms with Crippen LogP contribution >= 0.6 is 0 Å². The van der Waals surface area contributed by atoms with Crippen molar-refractivity contribution in [3.8, 4) is 5.75 Å². The number of carbonyl (C=O) groups excluding carboxylic acids is 3. The van der Waals surface area contributed by atoms with Gasteiger partial charge < -0.3 is 14.7 Å². The van der Waals surface area contributed by atoms with E-state index in [2.05, 4.69) is 0 Å². The quantitative estimate of drug-likeness (QED) is 0.537. The predicted molar refractivity (Wildman–Crippen MR) is 108 cm³/mol. The van der Waals surface area contributed by atoms with Crippen molar-refractivity contribution in [3.05, 3.63) is 72.1 Å². The Bertz CT molecular complexity index is 1030. The van der Waals surface area contributed by atoms with Gasteiger partial charge in [0, 0.05) is 18.7 Å². The van der Waals surface area contributed by atoms with E-state index < -0.39 is 35.5 Å². The molecule has 1 atom stereocenters. The van der Waals surface area contributed by atoms with Crippen molar-refractivity contribution in [3.63, 3.8) is 0 Å². The maximum Gasteiger partial charge on any atom is 0.328 e. The fourth-order valence-electron chi connectivity index (χ4n) is 3.23. The Morgan fingerprint density at radius 1 is 1.13 bits per heavy atom. The molecular weight excluding hydrogens is 407 g/mol. The van der Waals surface area contributed by atoms with Crippen LogP contribution in [-0.2, 0) is 25.7 Å². The van der Waals surface area contributed by atoms with Crippen LogP contribution in [0.15, 0.2) is 60.7 Å². The Labute approximate surface area is 177 Å². The van der Waals surface area contributed by atoms with E-state index in [1.54, 1.807) is 24.3 Å². The van der Waals surface area contributed by atoms with Crippen molar-refractivity contribution in [2.75, 3.05) is 12.0 Å². The predicted octanol–water partition coefficient (Wildman–Crippen LogP) is 2.14. The van der Waals surface area contributed by atoms with E-state index in [1.165, 1.54) is 19.2 Å². The summed E-state index contributed by atoms with van der Waals surface area (Å²) in [4.78, 5) is 51.2. The van der Waals surface area contributed by atoms with Crippen LogP contribution in [0.25, 0.3) is 0 Å². The van der Waals surface area contributed by atoms with Gasteiger partial charge in [-0.05, 0) is 42.0 Å². The number of imide groups is 1. The first-order chi connectivity index (χ1) is 14.8. The summed E-state index contributed by atoms with van der Waals surface area (Å²) in [5.41, 5.74) is 0.843. The average molecular weight is 426 g/mol. The van der Waals surface area contributed by atoms with E-state index in [1.807, 2.05) is 0 Å². The number of rotatable bonds is 7. The highest BCUT2D eigenvalue weighted by Crippen LogP contribution is 2.27. The molecule has 0 aliphatic carbocycles. The number of hydrogen-bond acceptors (Lipinski definition) is 5. The van der Waals surface area contributed by atoms with Crippen LogP contribution in [0.2, 0.25) is 0 Å². The van der Waals surface area contributed by atoms with Gasteiger partial charge in [-0.2, -0.15) is 0 Å². The van der Waals surface area contributed by atoms with Crippen LogP contribution in [0, 0.1) is 5.82 Å². The second-order valence-corrected chi connectivity index (χ2v) is 6.75. The number of carboxylic acid groups (broad SMARTS) is 1. The van der Waals surface area contributed by atoms with E-state index in [-0.39, 0.29) is 18.7 Å². The van der Waals surface area contributed by atoms with Crippen molar-refractivity contribution < 1.29 is 33.4 Å². The summed E-state index contributed by atoms with van der Waals surface area (Å²) in [7, 11) is 1.51. The number of hydrogen-bond donors (Lipinski definition) is 1. The lowest BCUT2D eigenvalue weighted by Gasteiger charge is -2.26. The first kappa shape index (κ1) is 21.7. The molecule has 3 rings (SSSR count). The normalized spacial score (nSPS) is 16.1. The minimum atomic E-state index is -1.32. The number of benzene rings is 2. The summed E-state index contributed by atoms with van der Waals surface area (Å²) in [5, 5.41) is 8.83. The third-order valence-electron chi connectivity index (χ3n) is 4.75. The number of anilines is 1. The van der Waals surface area contributed by atoms with E-state index in [0.29, 0.717) is 17.4 Å². The number of halogens is 1. The summed E-state index contributed by atoms with van der Waals surface area (Å²) in [6, 6.07) is 10.5. The van der Waals surface area contributed by atoms with E-state index >= 15 is 0 Å². The summed E-state index contributed by atoms with van der Waals surface area (Å²) >= 11 is 0. The fourth-order valence-corrected chi connectivity index (χ4v) is 3.23. The number of methoxy groups -OCH3 is 1. The molecule has 1 fully saturated rings. The molecule has 0 saturated carbocycles. The van der Waals surface area contributed by atoms with E-state index in [9.17, 15) is 23.6 Å². The van der Waals surface area contributed by atoms with Gasteiger partial charge >= 0.3 is 5.97 Å². The van der Waals surface area contributed by atoms with Crippen LogP contribution in [0.5, 0.6) is 5.75 Å². The zero-order valence-electron chi connectivity index (χ0n) is 16.5. The van der Waals surface area contributed by atoms with E-state index in [4.69, 9.17) is 9.84 Å². The molecule has 0 spiro atoms. The Hall–Kier alpha value is -4.01. The van der Waals surface area contributed by atoms with Crippen LogP contribution in [0.1, 0.15) is 12.0 Å². The zero-order valence-corrected chi connectivity index (χ0v) is 16.5. The van der Waals surface area contributed by atoms with Crippen LogP contribution in [0.4, 0.5) is 10.1 Å². The monoisotopic (exact) mass is 426 g/mol. The Morgan fingerprint density at radius 3 is 2.35 bits per heavy atom. The van der Waals surface area contributed by atoms with Crippen molar-refractivity contribution in [1.82, 2.24) is 4.90 Å². The van der Waals surface area contributed by atoms with Gasteiger partial charge in [-0.1, -0.05) is 12.1 Å². The molecule has 1 saturated heterocycles. The molecule has 2 aromatic carbocycles. The lowest BCUT2D eigenvalue weighted by atomic mass is 10.1. The van der Waals surface area contributed by atoms with Crippen LogP contribution in [0.3, 0.4) is 0 Å². The topological polar surface area (TPSA) is 104 Å². The molecule has 2 aromatic rings. The highest BCUT2D eigenvalue weighted by atomic mass is 19.1. The molecule has 0 unspecified atom stereocenters. The third-order valence-corrected chi connectivity index (χ3v) is 4.75. The number of ether oxygens (including phenoxy) is 1. The molecule has 1 aliphatic rings. The highest BCUT2D eigenvalue weighted by Gasteiger charge is 2.44. The number of aliphatic carboxylic acids is 1. The standard InChI is InChI=1S/C22H19FN2O6/c1-31-17-8-2-14(3-9-17)13-24(19(26)10-11-21(28)29)18-12-20(27)25(22(18)30)16-6-4-15(23)5-7-16/h2-11,18H,12-13H2,1H3,(H,28,29)/b11-10-/t18-/m0/s1. The molecule has 3 amide bonds. The van der Waals surface area contributed by atoms with Gasteiger partial charge in [0.1, 0.15) is 17.6 Å². The largest absolute Gasteiger partial charge is 0.497 e. The minimum Gasteiger partial charge on any atom is -0.497 e. The van der Waals surface area contributed by atoms with Crippen molar-refractivity contribution in [2.45, 2.75) is 19.0 Å². The molecule has 31 heavy (non-hydrogen) atoms. The van der Waals surface area contributed by atoms with Crippen molar-refractivity contribution in [2.24, 2.45) is 0 Å². The lowest BCUT2D eigenvalue weighted by Crippen LogP contribution is -2.44. The van der Waals surface area contributed by atoms with Crippen molar-refractivity contribution in [1.29, 1.82) is 0 Å². The zero-order chi connectivity index (χ0) is 22.5. The average Bonchev–Trinajstić information content (AvgIpc) is 3.05. The van der Waals surface area contributed by atoms with Gasteiger partial charge in [-0.3, -0.25) is 14.4 Å². The number of amides is 3. The SMILES string of the molecule is COc1ccc(CN(C(=O)/C=C\C(=O)O)[C@H]2CC(=O)N(c3ccc(F)cc3)C2=O)cc1. The summed E-state index contributed by atoms with van der Waals surface area (Å²) in [5.74, 6) is -3.17. The van der Waals surface area contributed by atoms with Crippen LogP contribution < -0.4 is 9.64 Å². The maximum atomic E-state index is 13.2. The lowest BCUT2D eigenvalue weighted by molar-refractivity contribution is -0.135. The van der Waals surface area contributed by atoms with Crippen LogP contribution in [-0.4, -0.2) is 46.8 Å². The second kappa shape index (κ2) is 9.21. The van der Waals surface area contributed by atoms with Gasteiger partial charge in [0.2, 0.25) is 11.8 Å². The molecule has 8 nitrogen and oxygen atoms in total. The molecule has 1 N–H and O–H groups in total. The smallest absolute Gasteiger partial charge is 0.328 e. The molecule has 0 aromatic heterocycles. The molecule has 160 valence electrons. The second-order valence-electron chi connectivity index (χ2n) is 6.75. The molecular formula is C22H19FN2O6. The van der Waals surface area contributed by atoms with Gasteiger partial charge in [-0.15, -0.1) is 0 Å². The number of nitrogens with zero attached hydrogens (tertiary/aromatic N) is 2. The fraction of sp³-hybridized carbons (Fsp3) is 0.182. The Kier molecular flexibility index (Phi) is 6.44. The molecule has 9 heteroatoms. The summed E-state index contributed by atoms with van der Waals surface area (Å²) in [6.07, 6.45) is 1.23. The molecule has 0 bridgehead atoms. The maximum absolute atomic E-state index is 13.2. The number of carbonyl (C=O) groups is 4. The first-order valence-electron chi connectivity index (χ1n) is 9.27. The Morgan fingerprint density at radius 2 is 1.77 bits per heavy atom. The first-order valence-corrected chi connectivity index (χ1v) is 9.27. The van der Waals surface area contributed by atoms with Gasteiger partial charge in [0.05, 0.1) is 19.2 Å². The Balaban J connectivity index is 1.91. The summed E-state index contributed by atoms with van der Waals surface area (Å²) < 4.78 is 18.3. The van der Waals surface area contributed by atoms with Gasteiger partial charge in [0.25, 0.3) is 5.91 Å². The van der Waals surface area contributed by atoms with E-state index in [0.717, 1.165) is 28.0 Å². The van der Waals surface area contributed by atoms with Gasteiger partial charge in [0.15, 0.2) is 0 Å².